The minimum atomic E-state index is -0.792. The Balaban J connectivity index is -0.00000280. The molecule has 0 rings (SSSR count). The van der Waals surface area contributed by atoms with Crippen LogP contribution in [0.4, 0.5) is 0 Å². The number of nitrogens with zero attached hydrogens (tertiary/aromatic N) is 3. The molecular weight excluding hydrogens is 774 g/mol. The van der Waals surface area contributed by atoms with Crippen LogP contribution in [0.25, 0.3) is 0 Å². The lowest BCUT2D eigenvalue weighted by atomic mass is 9.84. The van der Waals surface area contributed by atoms with Crippen molar-refractivity contribution in [3.63, 3.8) is 0 Å². The first-order chi connectivity index (χ1) is 19.4. The predicted octanol–water partition coefficient (Wildman–Crippen LogP) is -4.18. The molecule has 0 aromatic heterocycles. The number of likely N-dealkylation sites (N-methyl/N-ethyl adjacent to an activating group) is 3. The molecule has 12 heteroatoms. The molecule has 0 saturated heterocycles. The highest BCUT2D eigenvalue weighted by atomic mass is 79.9. The maximum Gasteiger partial charge on any atom is 0.361 e. The van der Waals surface area contributed by atoms with Crippen molar-refractivity contribution in [2.75, 3.05) is 103 Å². The Hall–Kier alpha value is -0.270. The monoisotopic (exact) mass is 839 g/mol. The Bertz CT molecular complexity index is 702. The predicted molar refractivity (Wildman–Crippen MR) is 170 cm³/mol. The number of hydrogen-bond donors (Lipinski definition) is 0. The lowest BCUT2D eigenvalue weighted by Gasteiger charge is -2.33. The van der Waals surface area contributed by atoms with Gasteiger partial charge in [0.1, 0.15) is 19.8 Å². The standard InChI is InChI=1S/C33H68N3O6.3BrH/c1-11-12-13-14-15-16-17-18-19-20-21-22-23-33(27-40-30(37)24-34(2,3)4,28-41-31(38)25-35(5,6)7)29-42-32(39)26-36(8,9)10;;;/h11-29H2,1-10H3;3*1H/q+3;;;/p-3. The van der Waals surface area contributed by atoms with Gasteiger partial charge < -0.3 is 78.6 Å². The molecule has 45 heavy (non-hydrogen) atoms. The van der Waals surface area contributed by atoms with E-state index in [2.05, 4.69) is 6.92 Å². The molecule has 0 spiro atoms. The van der Waals surface area contributed by atoms with E-state index in [1.54, 1.807) is 0 Å². The number of quaternary nitrogens is 3. The van der Waals surface area contributed by atoms with Gasteiger partial charge in [-0.3, -0.25) is 0 Å². The number of carbonyl (C=O) groups is 3. The van der Waals surface area contributed by atoms with Crippen LogP contribution in [0.15, 0.2) is 0 Å². The molecule has 0 aliphatic rings. The van der Waals surface area contributed by atoms with Gasteiger partial charge in [-0.05, 0) is 6.42 Å². The van der Waals surface area contributed by atoms with Gasteiger partial charge >= 0.3 is 17.9 Å². The summed E-state index contributed by atoms with van der Waals surface area (Å²) in [6.07, 6.45) is 15.5. The molecular formula is C33H68Br3N3O6. The third-order valence-corrected chi connectivity index (χ3v) is 6.99. The van der Waals surface area contributed by atoms with E-state index < -0.39 is 5.41 Å². The summed E-state index contributed by atoms with van der Waals surface area (Å²) in [6.45, 7) is 3.03. The maximum atomic E-state index is 12.7. The fraction of sp³-hybridized carbons (Fsp3) is 0.909. The third-order valence-electron chi connectivity index (χ3n) is 6.99. The number of esters is 3. The third kappa shape index (κ3) is 33.4. The van der Waals surface area contributed by atoms with Crippen LogP contribution in [0.5, 0.6) is 0 Å². The molecule has 0 N–H and O–H groups in total. The molecule has 0 bridgehead atoms. The molecule has 0 aromatic carbocycles. The zero-order chi connectivity index (χ0) is 32.3. The summed E-state index contributed by atoms with van der Waals surface area (Å²) >= 11 is 0. The quantitative estimate of drug-likeness (QED) is 0.0403. The highest BCUT2D eigenvalue weighted by Crippen LogP contribution is 2.29. The molecule has 0 atom stereocenters. The molecule has 0 saturated carbocycles. The summed E-state index contributed by atoms with van der Waals surface area (Å²) in [4.78, 5) is 38.0. The van der Waals surface area contributed by atoms with E-state index in [-0.39, 0.29) is 108 Å². The van der Waals surface area contributed by atoms with Gasteiger partial charge in [0.25, 0.3) is 0 Å². The van der Waals surface area contributed by atoms with Crippen molar-refractivity contribution in [2.45, 2.75) is 90.4 Å². The summed E-state index contributed by atoms with van der Waals surface area (Å²) in [7, 11) is 17.4. The van der Waals surface area contributed by atoms with Crippen LogP contribution in [0.3, 0.4) is 0 Å². The van der Waals surface area contributed by atoms with Crippen molar-refractivity contribution < 1.29 is 93.0 Å². The highest BCUT2D eigenvalue weighted by Gasteiger charge is 2.37. The minimum Gasteiger partial charge on any atom is -1.00 e. The SMILES string of the molecule is CCCCCCCCCCCCCCC(COC(=O)C[N+](C)(C)C)(COC(=O)C[N+](C)(C)C)COC(=O)C[N+](C)(C)C.[Br-].[Br-].[Br-]. The number of carbonyl (C=O) groups excluding carboxylic acids is 3. The van der Waals surface area contributed by atoms with Crippen LogP contribution in [0.1, 0.15) is 90.4 Å². The molecule has 0 fully saturated rings. The normalized spacial score (nSPS) is 11.9. The Labute approximate surface area is 308 Å². The van der Waals surface area contributed by atoms with Crippen molar-refractivity contribution in [2.24, 2.45) is 5.41 Å². The summed E-state index contributed by atoms with van der Waals surface area (Å²) in [5.41, 5.74) is -0.792. The summed E-state index contributed by atoms with van der Waals surface area (Å²) < 4.78 is 18.6. The van der Waals surface area contributed by atoms with Crippen LogP contribution in [-0.4, -0.2) is 134 Å². The van der Waals surface area contributed by atoms with Crippen LogP contribution in [0.2, 0.25) is 0 Å². The second kappa shape index (κ2) is 26.7. The zero-order valence-electron chi connectivity index (χ0n) is 30.4. The van der Waals surface area contributed by atoms with Crippen molar-refractivity contribution in [3.8, 4) is 0 Å². The lowest BCUT2D eigenvalue weighted by Crippen LogP contribution is -3.00. The Morgan fingerprint density at radius 1 is 0.444 bits per heavy atom. The second-order valence-electron chi connectivity index (χ2n) is 15.5. The van der Waals surface area contributed by atoms with Crippen molar-refractivity contribution >= 4 is 17.9 Å². The molecule has 0 aliphatic carbocycles. The van der Waals surface area contributed by atoms with Crippen molar-refractivity contribution in [1.29, 1.82) is 0 Å². The van der Waals surface area contributed by atoms with Gasteiger partial charge in [-0.15, -0.1) is 0 Å². The van der Waals surface area contributed by atoms with Crippen LogP contribution in [-0.2, 0) is 28.6 Å². The first kappa shape index (κ1) is 51.6. The number of ether oxygens (including phenoxy) is 3. The molecule has 0 aliphatic heterocycles. The van der Waals surface area contributed by atoms with Crippen LogP contribution in [0, 0.1) is 5.41 Å². The van der Waals surface area contributed by atoms with E-state index >= 15 is 0 Å². The summed E-state index contributed by atoms with van der Waals surface area (Å²) in [5.74, 6) is -0.967. The summed E-state index contributed by atoms with van der Waals surface area (Å²) in [5, 5.41) is 0. The molecule has 9 nitrogen and oxygen atoms in total. The number of rotatable bonds is 25. The zero-order valence-corrected chi connectivity index (χ0v) is 35.1. The van der Waals surface area contributed by atoms with Crippen LogP contribution >= 0.6 is 0 Å². The first-order valence-corrected chi connectivity index (χ1v) is 16.2. The molecule has 272 valence electrons. The molecule has 0 radical (unpaired) electrons. The van der Waals surface area contributed by atoms with E-state index in [1.807, 2.05) is 63.4 Å². The van der Waals surface area contributed by atoms with Gasteiger partial charge in [-0.2, -0.15) is 0 Å². The molecule has 0 unspecified atom stereocenters. The summed E-state index contributed by atoms with van der Waals surface area (Å²) in [6, 6.07) is 0. The fourth-order valence-corrected chi connectivity index (χ4v) is 4.68. The number of hydrogen-bond acceptors (Lipinski definition) is 6. The fourth-order valence-electron chi connectivity index (χ4n) is 4.68. The molecule has 0 aromatic rings. The smallest absolute Gasteiger partial charge is 0.361 e. The average molecular weight is 843 g/mol. The topological polar surface area (TPSA) is 78.9 Å². The van der Waals surface area contributed by atoms with Gasteiger partial charge in [0.2, 0.25) is 0 Å². The number of unbranched alkanes of at least 4 members (excludes halogenated alkanes) is 11. The highest BCUT2D eigenvalue weighted by molar-refractivity contribution is 5.71. The van der Waals surface area contributed by atoms with Gasteiger partial charge in [0, 0.05) is 0 Å². The lowest BCUT2D eigenvalue weighted by molar-refractivity contribution is -0.862. The van der Waals surface area contributed by atoms with Crippen molar-refractivity contribution in [1.82, 2.24) is 0 Å². The van der Waals surface area contributed by atoms with Gasteiger partial charge in [-0.25, -0.2) is 14.4 Å². The van der Waals surface area contributed by atoms with Crippen LogP contribution < -0.4 is 50.9 Å². The molecule has 0 heterocycles. The first-order valence-electron chi connectivity index (χ1n) is 16.2. The largest absolute Gasteiger partial charge is 1.00 e. The van der Waals surface area contributed by atoms with E-state index in [0.29, 0.717) is 19.9 Å². The Morgan fingerprint density at radius 3 is 0.933 bits per heavy atom. The maximum absolute atomic E-state index is 12.7. The van der Waals surface area contributed by atoms with E-state index in [1.165, 1.54) is 57.8 Å². The second-order valence-corrected chi connectivity index (χ2v) is 15.5. The number of halogens is 3. The minimum absolute atomic E-state index is 0. The van der Waals surface area contributed by atoms with E-state index in [0.717, 1.165) is 19.3 Å². The van der Waals surface area contributed by atoms with Gasteiger partial charge in [-0.1, -0.05) is 84.0 Å². The van der Waals surface area contributed by atoms with Gasteiger partial charge in [0.05, 0.1) is 68.8 Å². The average Bonchev–Trinajstić information content (AvgIpc) is 2.82. The van der Waals surface area contributed by atoms with E-state index in [9.17, 15) is 14.4 Å². The Kier molecular flexibility index (Phi) is 30.5. The molecule has 0 amide bonds. The Morgan fingerprint density at radius 2 is 0.689 bits per heavy atom. The van der Waals surface area contributed by atoms with E-state index in [4.69, 9.17) is 14.2 Å². The van der Waals surface area contributed by atoms with Gasteiger partial charge in [0.15, 0.2) is 19.6 Å². The van der Waals surface area contributed by atoms with Crippen molar-refractivity contribution in [3.05, 3.63) is 0 Å².